The highest BCUT2D eigenvalue weighted by atomic mass is 32.2. The van der Waals surface area contributed by atoms with Gasteiger partial charge in [-0.3, -0.25) is 9.69 Å². The molecule has 3 aromatic rings. The van der Waals surface area contributed by atoms with Crippen LogP contribution in [0.25, 0.3) is 10.2 Å². The molecule has 0 bridgehead atoms. The van der Waals surface area contributed by atoms with Crippen LogP contribution in [-0.4, -0.2) is 60.8 Å². The lowest BCUT2D eigenvalue weighted by Gasteiger charge is -2.34. The molecule has 0 atom stereocenters. The number of para-hydroxylation sites is 1. The van der Waals surface area contributed by atoms with Crippen LogP contribution in [0.15, 0.2) is 47.4 Å². The molecule has 1 fully saturated rings. The predicted octanol–water partition coefficient (Wildman–Crippen LogP) is 4.27. The van der Waals surface area contributed by atoms with Gasteiger partial charge < -0.3 is 10.2 Å². The number of hydrogen-bond acceptors (Lipinski definition) is 6. The number of aromatic nitrogens is 1. The monoisotopic (exact) mass is 440 g/mol. The molecule has 1 N–H and O–H groups in total. The number of nitrogens with zero attached hydrogens (tertiary/aromatic N) is 3. The molecule has 30 heavy (non-hydrogen) atoms. The molecule has 1 saturated heterocycles. The molecule has 0 saturated carbocycles. The van der Waals surface area contributed by atoms with Crippen LogP contribution in [0.1, 0.15) is 22.8 Å². The molecule has 0 aliphatic carbocycles. The lowest BCUT2D eigenvalue weighted by molar-refractivity contribution is 0.0947. The summed E-state index contributed by atoms with van der Waals surface area (Å²) in [6.07, 6.45) is 0. The van der Waals surface area contributed by atoms with Crippen molar-refractivity contribution in [3.05, 3.63) is 53.6 Å². The van der Waals surface area contributed by atoms with Gasteiger partial charge in [0.25, 0.3) is 5.91 Å². The Balaban J connectivity index is 1.23. The van der Waals surface area contributed by atoms with Gasteiger partial charge in [0.1, 0.15) is 0 Å². The second-order valence-electron chi connectivity index (χ2n) is 7.46. The number of amides is 1. The molecule has 7 heteroatoms. The maximum atomic E-state index is 12.4. The van der Waals surface area contributed by atoms with Crippen molar-refractivity contribution in [3.8, 4) is 0 Å². The van der Waals surface area contributed by atoms with Crippen molar-refractivity contribution in [2.24, 2.45) is 0 Å². The largest absolute Gasteiger partial charge is 0.351 e. The number of thiazole rings is 1. The number of anilines is 1. The van der Waals surface area contributed by atoms with Gasteiger partial charge in [-0.1, -0.05) is 30.4 Å². The van der Waals surface area contributed by atoms with Crippen molar-refractivity contribution in [3.63, 3.8) is 0 Å². The second-order valence-corrected chi connectivity index (χ2v) is 9.81. The molecule has 1 aliphatic heterocycles. The summed E-state index contributed by atoms with van der Waals surface area (Å²) in [4.78, 5) is 23.2. The summed E-state index contributed by atoms with van der Waals surface area (Å²) >= 11 is 3.57. The van der Waals surface area contributed by atoms with Crippen molar-refractivity contribution in [2.75, 3.05) is 49.9 Å². The summed E-state index contributed by atoms with van der Waals surface area (Å²) in [5, 5.41) is 4.18. The van der Waals surface area contributed by atoms with Crippen LogP contribution in [0.3, 0.4) is 0 Å². The first-order valence-corrected chi connectivity index (χ1v) is 12.3. The third kappa shape index (κ3) is 4.96. The number of hydrogen-bond donors (Lipinski definition) is 1. The van der Waals surface area contributed by atoms with E-state index in [0.29, 0.717) is 6.54 Å². The number of benzene rings is 2. The third-order valence-corrected chi connectivity index (χ3v) is 7.37. The fourth-order valence-corrected chi connectivity index (χ4v) is 5.43. The maximum absolute atomic E-state index is 12.4. The molecular formula is C23H28N4OS2. The molecule has 2 aromatic carbocycles. The van der Waals surface area contributed by atoms with Gasteiger partial charge in [0, 0.05) is 49.7 Å². The fourth-order valence-electron chi connectivity index (χ4n) is 3.67. The van der Waals surface area contributed by atoms with E-state index in [9.17, 15) is 4.79 Å². The number of fused-ring (bicyclic) bond motifs is 1. The summed E-state index contributed by atoms with van der Waals surface area (Å²) in [7, 11) is 0. The molecule has 5 nitrogen and oxygen atoms in total. The number of rotatable bonds is 7. The van der Waals surface area contributed by atoms with Crippen LogP contribution in [0.4, 0.5) is 5.13 Å². The predicted molar refractivity (Wildman–Crippen MR) is 128 cm³/mol. The van der Waals surface area contributed by atoms with E-state index >= 15 is 0 Å². The first-order chi connectivity index (χ1) is 14.6. The zero-order valence-corrected chi connectivity index (χ0v) is 19.2. The number of carbonyl (C=O) groups excluding carboxylic acids is 1. The van der Waals surface area contributed by atoms with E-state index in [2.05, 4.69) is 47.2 Å². The summed E-state index contributed by atoms with van der Waals surface area (Å²) in [5.74, 6) is 1.05. The Bertz CT molecular complexity index is 994. The Hall–Kier alpha value is -2.09. The van der Waals surface area contributed by atoms with Crippen molar-refractivity contribution < 1.29 is 4.79 Å². The number of thioether (sulfide) groups is 1. The highest BCUT2D eigenvalue weighted by Gasteiger charge is 2.20. The zero-order valence-electron chi connectivity index (χ0n) is 17.6. The highest BCUT2D eigenvalue weighted by Crippen LogP contribution is 2.30. The summed E-state index contributed by atoms with van der Waals surface area (Å²) in [5.41, 5.74) is 3.10. The lowest BCUT2D eigenvalue weighted by atomic mass is 10.2. The quantitative estimate of drug-likeness (QED) is 0.556. The molecule has 158 valence electrons. The average molecular weight is 441 g/mol. The van der Waals surface area contributed by atoms with E-state index in [-0.39, 0.29) is 5.91 Å². The van der Waals surface area contributed by atoms with Crippen molar-refractivity contribution in [2.45, 2.75) is 18.7 Å². The van der Waals surface area contributed by atoms with Gasteiger partial charge in [0.15, 0.2) is 5.13 Å². The highest BCUT2D eigenvalue weighted by molar-refractivity contribution is 7.99. The first kappa shape index (κ1) is 21.2. The topological polar surface area (TPSA) is 48.5 Å². The molecular weight excluding hydrogens is 412 g/mol. The SMILES string of the molecule is CCSc1ccc(C(=O)NCCN2CCN(c3nc4c(C)cccc4s3)CC2)cc1. The van der Waals surface area contributed by atoms with E-state index < -0.39 is 0 Å². The van der Waals surface area contributed by atoms with Gasteiger partial charge in [0.2, 0.25) is 0 Å². The normalized spacial score (nSPS) is 14.9. The van der Waals surface area contributed by atoms with E-state index in [1.54, 1.807) is 23.1 Å². The van der Waals surface area contributed by atoms with E-state index in [4.69, 9.17) is 4.98 Å². The van der Waals surface area contributed by atoms with Crippen molar-refractivity contribution >= 4 is 44.4 Å². The Morgan fingerprint density at radius 3 is 2.60 bits per heavy atom. The van der Waals surface area contributed by atoms with Crippen LogP contribution >= 0.6 is 23.1 Å². The van der Waals surface area contributed by atoms with E-state index in [0.717, 1.165) is 54.7 Å². The van der Waals surface area contributed by atoms with Crippen LogP contribution in [0.5, 0.6) is 0 Å². The van der Waals surface area contributed by atoms with Crippen LogP contribution in [0.2, 0.25) is 0 Å². The van der Waals surface area contributed by atoms with Gasteiger partial charge in [-0.05, 0) is 48.6 Å². The van der Waals surface area contributed by atoms with Gasteiger partial charge in [0.05, 0.1) is 10.2 Å². The lowest BCUT2D eigenvalue weighted by Crippen LogP contribution is -2.48. The van der Waals surface area contributed by atoms with Crippen LogP contribution < -0.4 is 10.2 Å². The Morgan fingerprint density at radius 2 is 1.90 bits per heavy atom. The average Bonchev–Trinajstić information content (AvgIpc) is 3.21. The number of nitrogens with one attached hydrogen (secondary N) is 1. The molecule has 0 radical (unpaired) electrons. The summed E-state index contributed by atoms with van der Waals surface area (Å²) in [6, 6.07) is 14.2. The fraction of sp³-hybridized carbons (Fsp3) is 0.391. The minimum atomic E-state index is 0.00605. The van der Waals surface area contributed by atoms with Crippen molar-refractivity contribution in [1.82, 2.24) is 15.2 Å². The Kier molecular flexibility index (Phi) is 6.92. The molecule has 1 amide bonds. The smallest absolute Gasteiger partial charge is 0.251 e. The Morgan fingerprint density at radius 1 is 1.13 bits per heavy atom. The van der Waals surface area contributed by atoms with Crippen LogP contribution in [0, 0.1) is 6.92 Å². The minimum absolute atomic E-state index is 0.00605. The Labute approximate surface area is 186 Å². The molecule has 0 unspecified atom stereocenters. The summed E-state index contributed by atoms with van der Waals surface area (Å²) < 4.78 is 1.26. The van der Waals surface area contributed by atoms with Gasteiger partial charge in [-0.15, -0.1) is 11.8 Å². The molecule has 0 spiro atoms. The number of carbonyl (C=O) groups is 1. The van der Waals surface area contributed by atoms with Gasteiger partial charge in [-0.25, -0.2) is 4.98 Å². The van der Waals surface area contributed by atoms with Gasteiger partial charge >= 0.3 is 0 Å². The van der Waals surface area contributed by atoms with E-state index in [1.807, 2.05) is 24.3 Å². The zero-order chi connectivity index (χ0) is 20.9. The maximum Gasteiger partial charge on any atom is 0.251 e. The molecule has 2 heterocycles. The number of aryl methyl sites for hydroxylation is 1. The van der Waals surface area contributed by atoms with Crippen LogP contribution in [-0.2, 0) is 0 Å². The number of piperazine rings is 1. The molecule has 1 aromatic heterocycles. The minimum Gasteiger partial charge on any atom is -0.351 e. The third-order valence-electron chi connectivity index (χ3n) is 5.39. The van der Waals surface area contributed by atoms with Gasteiger partial charge in [-0.2, -0.15) is 0 Å². The molecule has 4 rings (SSSR count). The summed E-state index contributed by atoms with van der Waals surface area (Å²) in [6.45, 7) is 9.74. The first-order valence-electron chi connectivity index (χ1n) is 10.5. The second kappa shape index (κ2) is 9.81. The standard InChI is InChI=1S/C23H28N4OS2/c1-3-29-19-9-7-18(8-10-19)22(28)24-11-12-26-13-15-27(16-14-26)23-25-21-17(2)5-4-6-20(21)30-23/h4-10H,3,11-16H2,1-2H3,(H,24,28). The molecule has 1 aliphatic rings. The van der Waals surface area contributed by atoms with E-state index in [1.165, 1.54) is 15.2 Å². The van der Waals surface area contributed by atoms with Crippen molar-refractivity contribution in [1.29, 1.82) is 0 Å².